The molecule has 1 amide bonds. The second-order valence-electron chi connectivity index (χ2n) is 4.89. The van der Waals surface area contributed by atoms with E-state index in [1.165, 1.54) is 6.07 Å². The number of nitrogens with zero attached hydrogens (tertiary/aromatic N) is 1. The van der Waals surface area contributed by atoms with Gasteiger partial charge in [-0.1, -0.05) is 18.2 Å². The molecule has 0 aliphatic rings. The van der Waals surface area contributed by atoms with Crippen molar-refractivity contribution in [3.63, 3.8) is 0 Å². The van der Waals surface area contributed by atoms with Crippen LogP contribution in [0.15, 0.2) is 52.0 Å². The number of thiophene rings is 1. The lowest BCUT2D eigenvalue weighted by Crippen LogP contribution is -2.27. The fourth-order valence-electron chi connectivity index (χ4n) is 2.32. The highest BCUT2D eigenvalue weighted by molar-refractivity contribution is 7.07. The van der Waals surface area contributed by atoms with Crippen molar-refractivity contribution in [2.24, 2.45) is 0 Å². The summed E-state index contributed by atoms with van der Waals surface area (Å²) < 4.78 is 0. The number of rotatable bonds is 3. The highest BCUT2D eigenvalue weighted by Crippen LogP contribution is 2.17. The zero-order valence-electron chi connectivity index (χ0n) is 11.5. The minimum atomic E-state index is -0.263. The number of aromatic nitrogens is 1. The Morgan fingerprint density at radius 3 is 2.86 bits per heavy atom. The summed E-state index contributed by atoms with van der Waals surface area (Å²) in [4.78, 5) is 28.7. The molecule has 0 saturated carbocycles. The van der Waals surface area contributed by atoms with Gasteiger partial charge in [0.05, 0.1) is 5.56 Å². The predicted molar refractivity (Wildman–Crippen MR) is 84.7 cm³/mol. The Morgan fingerprint density at radius 2 is 2.10 bits per heavy atom. The van der Waals surface area contributed by atoms with Crippen LogP contribution in [0.3, 0.4) is 0 Å². The Morgan fingerprint density at radius 1 is 1.29 bits per heavy atom. The van der Waals surface area contributed by atoms with Crippen molar-refractivity contribution >= 4 is 28.1 Å². The van der Waals surface area contributed by atoms with E-state index in [0.29, 0.717) is 17.6 Å². The monoisotopic (exact) mass is 298 g/mol. The van der Waals surface area contributed by atoms with Crippen LogP contribution in [0.1, 0.15) is 15.9 Å². The van der Waals surface area contributed by atoms with Gasteiger partial charge in [0.25, 0.3) is 5.91 Å². The average molecular weight is 298 g/mol. The number of H-pyrrole nitrogens is 1. The summed E-state index contributed by atoms with van der Waals surface area (Å²) in [5, 5.41) is 4.76. The number of aromatic amines is 1. The van der Waals surface area contributed by atoms with Gasteiger partial charge in [0.15, 0.2) is 0 Å². The lowest BCUT2D eigenvalue weighted by molar-refractivity contribution is 0.0787. The SMILES string of the molecule is CN(Cc1ccsc1)C(=O)c1cc(=O)[nH]c2ccccc12. The molecule has 1 aromatic carbocycles. The predicted octanol–water partition coefficient (Wildman–Crippen LogP) is 2.86. The van der Waals surface area contributed by atoms with E-state index in [1.807, 2.05) is 35.0 Å². The molecule has 0 radical (unpaired) electrons. The van der Waals surface area contributed by atoms with E-state index in [2.05, 4.69) is 4.98 Å². The first-order valence-corrected chi connectivity index (χ1v) is 7.48. The van der Waals surface area contributed by atoms with Crippen LogP contribution in [0, 0.1) is 0 Å². The van der Waals surface area contributed by atoms with Crippen molar-refractivity contribution in [3.8, 4) is 0 Å². The number of carbonyl (C=O) groups is 1. The van der Waals surface area contributed by atoms with Crippen molar-refractivity contribution < 1.29 is 4.79 Å². The number of nitrogens with one attached hydrogen (secondary N) is 1. The molecule has 0 spiro atoms. The van der Waals surface area contributed by atoms with Gasteiger partial charge in [-0.25, -0.2) is 0 Å². The molecule has 21 heavy (non-hydrogen) atoms. The summed E-state index contributed by atoms with van der Waals surface area (Å²) in [6.07, 6.45) is 0. The molecule has 0 saturated heterocycles. The fraction of sp³-hybridized carbons (Fsp3) is 0.125. The summed E-state index contributed by atoms with van der Waals surface area (Å²) in [5.41, 5.74) is 1.94. The third-order valence-corrected chi connectivity index (χ3v) is 4.06. The summed E-state index contributed by atoms with van der Waals surface area (Å²) >= 11 is 1.60. The number of pyridine rings is 1. The van der Waals surface area contributed by atoms with Gasteiger partial charge >= 0.3 is 0 Å². The lowest BCUT2D eigenvalue weighted by Gasteiger charge is -2.17. The van der Waals surface area contributed by atoms with Gasteiger partial charge in [-0.2, -0.15) is 11.3 Å². The normalized spacial score (nSPS) is 10.7. The third kappa shape index (κ3) is 2.73. The summed E-state index contributed by atoms with van der Waals surface area (Å²) in [6, 6.07) is 10.7. The Hall–Kier alpha value is -2.40. The number of hydrogen-bond acceptors (Lipinski definition) is 3. The van der Waals surface area contributed by atoms with Crippen molar-refractivity contribution in [3.05, 3.63) is 68.6 Å². The average Bonchev–Trinajstić information content (AvgIpc) is 2.98. The molecule has 0 aliphatic heterocycles. The standard InChI is InChI=1S/C16H14N2O2S/c1-18(9-11-6-7-21-10-11)16(20)13-8-15(19)17-14-5-3-2-4-12(13)14/h2-8,10H,9H2,1H3,(H,17,19). The summed E-state index contributed by atoms with van der Waals surface area (Å²) in [5.74, 6) is -0.150. The maximum Gasteiger partial charge on any atom is 0.254 e. The van der Waals surface area contributed by atoms with Gasteiger partial charge in [0.2, 0.25) is 5.56 Å². The zero-order valence-corrected chi connectivity index (χ0v) is 12.3. The number of fused-ring (bicyclic) bond motifs is 1. The van der Waals surface area contributed by atoms with E-state index in [9.17, 15) is 9.59 Å². The number of amides is 1. The van der Waals surface area contributed by atoms with E-state index in [1.54, 1.807) is 29.4 Å². The molecule has 0 unspecified atom stereocenters. The molecule has 106 valence electrons. The molecular formula is C16H14N2O2S. The molecule has 0 bridgehead atoms. The molecule has 0 fully saturated rings. The molecule has 1 N–H and O–H groups in total. The quantitative estimate of drug-likeness (QED) is 0.808. The van der Waals surface area contributed by atoms with E-state index in [0.717, 1.165) is 10.9 Å². The minimum Gasteiger partial charge on any atom is -0.337 e. The van der Waals surface area contributed by atoms with Gasteiger partial charge in [-0.15, -0.1) is 0 Å². The Labute approximate surface area is 125 Å². The molecule has 2 heterocycles. The van der Waals surface area contributed by atoms with Gasteiger partial charge < -0.3 is 9.88 Å². The molecular weight excluding hydrogens is 284 g/mol. The van der Waals surface area contributed by atoms with Gasteiger partial charge in [-0.05, 0) is 28.5 Å². The highest BCUT2D eigenvalue weighted by atomic mass is 32.1. The molecule has 4 nitrogen and oxygen atoms in total. The summed E-state index contributed by atoms with van der Waals surface area (Å²) in [7, 11) is 1.75. The first-order valence-electron chi connectivity index (χ1n) is 6.54. The first-order chi connectivity index (χ1) is 10.1. The van der Waals surface area contributed by atoms with Crippen LogP contribution < -0.4 is 5.56 Å². The van der Waals surface area contributed by atoms with Gasteiger partial charge in [0.1, 0.15) is 0 Å². The third-order valence-electron chi connectivity index (χ3n) is 3.33. The van der Waals surface area contributed by atoms with Crippen LogP contribution in [0.4, 0.5) is 0 Å². The van der Waals surface area contributed by atoms with Gasteiger partial charge in [0, 0.05) is 30.6 Å². The van der Waals surface area contributed by atoms with E-state index >= 15 is 0 Å². The smallest absolute Gasteiger partial charge is 0.254 e. The summed E-state index contributed by atoms with van der Waals surface area (Å²) in [6.45, 7) is 0.531. The van der Waals surface area contributed by atoms with Crippen LogP contribution in [-0.4, -0.2) is 22.8 Å². The van der Waals surface area contributed by atoms with E-state index < -0.39 is 0 Å². The van der Waals surface area contributed by atoms with Crippen molar-refractivity contribution in [2.45, 2.75) is 6.54 Å². The number of hydrogen-bond donors (Lipinski definition) is 1. The van der Waals surface area contributed by atoms with Gasteiger partial charge in [-0.3, -0.25) is 9.59 Å². The molecule has 2 aromatic heterocycles. The number of benzene rings is 1. The Balaban J connectivity index is 1.99. The van der Waals surface area contributed by atoms with E-state index in [4.69, 9.17) is 0 Å². The molecule has 0 aliphatic carbocycles. The molecule has 3 aromatic rings. The van der Waals surface area contributed by atoms with Crippen molar-refractivity contribution in [1.29, 1.82) is 0 Å². The molecule has 5 heteroatoms. The first kappa shape index (κ1) is 13.6. The number of para-hydroxylation sites is 1. The second kappa shape index (κ2) is 5.54. The minimum absolute atomic E-state index is 0.150. The van der Waals surface area contributed by atoms with E-state index in [-0.39, 0.29) is 11.5 Å². The second-order valence-corrected chi connectivity index (χ2v) is 5.67. The van der Waals surface area contributed by atoms with Crippen LogP contribution in [0.25, 0.3) is 10.9 Å². The maximum atomic E-state index is 12.6. The fourth-order valence-corrected chi connectivity index (χ4v) is 2.98. The topological polar surface area (TPSA) is 53.2 Å². The van der Waals surface area contributed by atoms with Crippen LogP contribution in [-0.2, 0) is 6.54 Å². The van der Waals surface area contributed by atoms with Crippen LogP contribution in [0.2, 0.25) is 0 Å². The lowest BCUT2D eigenvalue weighted by atomic mass is 10.1. The van der Waals surface area contributed by atoms with Crippen molar-refractivity contribution in [1.82, 2.24) is 9.88 Å². The molecule has 3 rings (SSSR count). The highest BCUT2D eigenvalue weighted by Gasteiger charge is 2.16. The molecule has 0 atom stereocenters. The maximum absolute atomic E-state index is 12.6. The Kier molecular flexibility index (Phi) is 3.58. The largest absolute Gasteiger partial charge is 0.337 e. The van der Waals surface area contributed by atoms with Crippen molar-refractivity contribution in [2.75, 3.05) is 7.05 Å². The zero-order chi connectivity index (χ0) is 14.8. The Bertz CT molecular complexity index is 837. The number of carbonyl (C=O) groups excluding carboxylic acids is 1. The van der Waals surface area contributed by atoms with Crippen LogP contribution >= 0.6 is 11.3 Å². The van der Waals surface area contributed by atoms with Crippen LogP contribution in [0.5, 0.6) is 0 Å².